The fourth-order valence-electron chi connectivity index (χ4n) is 2.66. The van der Waals surface area contributed by atoms with Crippen LogP contribution in [-0.4, -0.2) is 24.0 Å². The minimum atomic E-state index is -0.692. The third kappa shape index (κ3) is 2.30. The summed E-state index contributed by atoms with van der Waals surface area (Å²) >= 11 is 0. The Kier molecular flexibility index (Phi) is 3.55. The highest BCUT2D eigenvalue weighted by molar-refractivity contribution is 6.22. The van der Waals surface area contributed by atoms with Gasteiger partial charge in [-0.2, -0.15) is 0 Å². The maximum Gasteiger partial charge on any atom is 0.241 e. The second-order valence-electron chi connectivity index (χ2n) is 5.08. The van der Waals surface area contributed by atoms with Crippen molar-refractivity contribution in [2.75, 3.05) is 12.0 Å². The average Bonchev–Trinajstić information content (AvgIpc) is 2.83. The van der Waals surface area contributed by atoms with Gasteiger partial charge in [0, 0.05) is 12.0 Å². The molecule has 5 nitrogen and oxygen atoms in total. The molecule has 0 bridgehead atoms. The number of carbonyl (C=O) groups is 2. The second kappa shape index (κ2) is 5.52. The molecule has 0 saturated carbocycles. The summed E-state index contributed by atoms with van der Waals surface area (Å²) in [5, 5.41) is 10.0. The Morgan fingerprint density at radius 1 is 1.14 bits per heavy atom. The normalized spacial score (nSPS) is 17.9. The van der Waals surface area contributed by atoms with E-state index >= 15 is 0 Å². The Morgan fingerprint density at radius 3 is 2.55 bits per heavy atom. The van der Waals surface area contributed by atoms with Gasteiger partial charge in [0.1, 0.15) is 11.5 Å². The number of imide groups is 1. The number of benzene rings is 2. The highest BCUT2D eigenvalue weighted by atomic mass is 16.5. The van der Waals surface area contributed by atoms with E-state index in [0.29, 0.717) is 17.0 Å². The lowest BCUT2D eigenvalue weighted by molar-refractivity contribution is -0.121. The lowest BCUT2D eigenvalue weighted by Gasteiger charge is -2.15. The first-order chi connectivity index (χ1) is 10.6. The van der Waals surface area contributed by atoms with E-state index in [9.17, 15) is 14.7 Å². The molecule has 1 N–H and O–H groups in total. The summed E-state index contributed by atoms with van der Waals surface area (Å²) in [6.45, 7) is 0. The van der Waals surface area contributed by atoms with Crippen molar-refractivity contribution in [1.82, 2.24) is 0 Å². The Balaban J connectivity index is 1.98. The van der Waals surface area contributed by atoms with Crippen LogP contribution < -0.4 is 9.64 Å². The van der Waals surface area contributed by atoms with Gasteiger partial charge >= 0.3 is 0 Å². The predicted molar refractivity (Wildman–Crippen MR) is 81.0 cm³/mol. The molecule has 2 aromatic rings. The van der Waals surface area contributed by atoms with E-state index in [4.69, 9.17) is 4.74 Å². The zero-order chi connectivity index (χ0) is 15.7. The predicted octanol–water partition coefficient (Wildman–Crippen LogP) is 2.45. The minimum Gasteiger partial charge on any atom is -0.508 e. The number of ether oxygens (including phenoxy) is 1. The SMILES string of the molecule is COc1ccc(O)c(C2CC(=O)N(c3ccccc3)C2=O)c1. The molecule has 1 atom stereocenters. The van der Waals surface area contributed by atoms with Crippen LogP contribution in [0.25, 0.3) is 0 Å². The summed E-state index contributed by atoms with van der Waals surface area (Å²) in [4.78, 5) is 26.0. The van der Waals surface area contributed by atoms with Crippen LogP contribution >= 0.6 is 0 Å². The Bertz CT molecular complexity index is 727. The van der Waals surface area contributed by atoms with E-state index in [1.165, 1.54) is 18.1 Å². The minimum absolute atomic E-state index is 0.0122. The molecule has 1 heterocycles. The number of carbonyl (C=O) groups excluding carboxylic acids is 2. The average molecular weight is 297 g/mol. The van der Waals surface area contributed by atoms with Gasteiger partial charge in [-0.1, -0.05) is 18.2 Å². The van der Waals surface area contributed by atoms with Crippen molar-refractivity contribution in [3.63, 3.8) is 0 Å². The molecule has 0 aromatic heterocycles. The summed E-state index contributed by atoms with van der Waals surface area (Å²) < 4.78 is 5.12. The van der Waals surface area contributed by atoms with Crippen LogP contribution in [-0.2, 0) is 9.59 Å². The van der Waals surface area contributed by atoms with E-state index in [0.717, 1.165) is 0 Å². The number of hydrogen-bond donors (Lipinski definition) is 1. The van der Waals surface area contributed by atoms with Gasteiger partial charge in [0.15, 0.2) is 0 Å². The Labute approximate surface area is 127 Å². The Hall–Kier alpha value is -2.82. The van der Waals surface area contributed by atoms with Crippen molar-refractivity contribution in [3.05, 3.63) is 54.1 Å². The lowest BCUT2D eigenvalue weighted by atomic mass is 9.96. The first-order valence-corrected chi connectivity index (χ1v) is 6.90. The molecule has 0 spiro atoms. The van der Waals surface area contributed by atoms with Crippen LogP contribution in [0, 0.1) is 0 Å². The smallest absolute Gasteiger partial charge is 0.241 e. The zero-order valence-electron chi connectivity index (χ0n) is 12.0. The molecule has 112 valence electrons. The summed E-state index contributed by atoms with van der Waals surface area (Å²) in [7, 11) is 1.51. The van der Waals surface area contributed by atoms with Gasteiger partial charge < -0.3 is 9.84 Å². The van der Waals surface area contributed by atoms with Crippen molar-refractivity contribution in [1.29, 1.82) is 0 Å². The molecule has 1 saturated heterocycles. The molecule has 1 aliphatic rings. The monoisotopic (exact) mass is 297 g/mol. The molecule has 3 rings (SSSR count). The number of methoxy groups -OCH3 is 1. The first-order valence-electron chi connectivity index (χ1n) is 6.90. The van der Waals surface area contributed by atoms with Crippen LogP contribution in [0.15, 0.2) is 48.5 Å². The van der Waals surface area contributed by atoms with E-state index in [1.54, 1.807) is 36.4 Å². The van der Waals surface area contributed by atoms with Crippen LogP contribution in [0.2, 0.25) is 0 Å². The van der Waals surface area contributed by atoms with Crippen molar-refractivity contribution >= 4 is 17.5 Å². The Morgan fingerprint density at radius 2 is 1.86 bits per heavy atom. The molecule has 1 fully saturated rings. The van der Waals surface area contributed by atoms with Crippen molar-refractivity contribution < 1.29 is 19.4 Å². The molecule has 1 unspecified atom stereocenters. The maximum atomic E-state index is 12.6. The quantitative estimate of drug-likeness (QED) is 0.884. The molecule has 22 heavy (non-hydrogen) atoms. The summed E-state index contributed by atoms with van der Waals surface area (Å²) in [6.07, 6.45) is 0.0362. The van der Waals surface area contributed by atoms with Gasteiger partial charge in [-0.05, 0) is 30.3 Å². The number of phenolic OH excluding ortho intramolecular Hbond substituents is 1. The van der Waals surface area contributed by atoms with Crippen molar-refractivity contribution in [2.45, 2.75) is 12.3 Å². The van der Waals surface area contributed by atoms with Gasteiger partial charge in [0.2, 0.25) is 11.8 Å². The largest absolute Gasteiger partial charge is 0.508 e. The lowest BCUT2D eigenvalue weighted by Crippen LogP contribution is -2.29. The van der Waals surface area contributed by atoms with E-state index in [2.05, 4.69) is 0 Å². The highest BCUT2D eigenvalue weighted by Crippen LogP contribution is 2.38. The van der Waals surface area contributed by atoms with Crippen LogP contribution in [0.1, 0.15) is 17.9 Å². The molecular weight excluding hydrogens is 282 g/mol. The zero-order valence-corrected chi connectivity index (χ0v) is 12.0. The van der Waals surface area contributed by atoms with Crippen LogP contribution in [0.5, 0.6) is 11.5 Å². The van der Waals surface area contributed by atoms with Gasteiger partial charge in [0.25, 0.3) is 0 Å². The van der Waals surface area contributed by atoms with Gasteiger partial charge in [-0.25, -0.2) is 0 Å². The summed E-state index contributed by atoms with van der Waals surface area (Å²) in [6, 6.07) is 13.5. The number of hydrogen-bond acceptors (Lipinski definition) is 4. The first kappa shape index (κ1) is 14.1. The molecule has 2 amide bonds. The van der Waals surface area contributed by atoms with Gasteiger partial charge in [0.05, 0.1) is 18.7 Å². The van der Waals surface area contributed by atoms with Crippen molar-refractivity contribution in [3.8, 4) is 11.5 Å². The van der Waals surface area contributed by atoms with Crippen LogP contribution in [0.4, 0.5) is 5.69 Å². The van der Waals surface area contributed by atoms with Gasteiger partial charge in [-0.15, -0.1) is 0 Å². The van der Waals surface area contributed by atoms with E-state index in [1.807, 2.05) is 6.07 Å². The fourth-order valence-corrected chi connectivity index (χ4v) is 2.66. The second-order valence-corrected chi connectivity index (χ2v) is 5.08. The number of phenols is 1. The van der Waals surface area contributed by atoms with E-state index < -0.39 is 5.92 Å². The van der Waals surface area contributed by atoms with Crippen LogP contribution in [0.3, 0.4) is 0 Å². The number of amides is 2. The maximum absolute atomic E-state index is 12.6. The third-order valence-electron chi connectivity index (χ3n) is 3.77. The number of aromatic hydroxyl groups is 1. The number of anilines is 1. The highest BCUT2D eigenvalue weighted by Gasteiger charge is 2.41. The molecule has 0 aliphatic carbocycles. The molecule has 2 aromatic carbocycles. The molecular formula is C17H15NO4. The number of para-hydroxylation sites is 1. The summed E-state index contributed by atoms with van der Waals surface area (Å²) in [5.41, 5.74) is 0.957. The third-order valence-corrected chi connectivity index (χ3v) is 3.77. The fraction of sp³-hybridized carbons (Fsp3) is 0.176. The molecule has 1 aliphatic heterocycles. The topological polar surface area (TPSA) is 66.8 Å². The van der Waals surface area contributed by atoms with E-state index in [-0.39, 0.29) is 24.0 Å². The standard InChI is InChI=1S/C17H15NO4/c1-22-12-7-8-15(19)13(9-12)14-10-16(20)18(17(14)21)11-5-3-2-4-6-11/h2-9,14,19H,10H2,1H3. The van der Waals surface area contributed by atoms with Gasteiger partial charge in [-0.3, -0.25) is 14.5 Å². The molecule has 0 radical (unpaired) electrons. The van der Waals surface area contributed by atoms with Crippen molar-refractivity contribution in [2.24, 2.45) is 0 Å². The number of nitrogens with zero attached hydrogens (tertiary/aromatic N) is 1. The number of rotatable bonds is 3. The summed E-state index contributed by atoms with van der Waals surface area (Å²) in [5.74, 6) is -0.779. The molecule has 5 heteroatoms.